The molecule has 0 saturated heterocycles. The zero-order valence-corrected chi connectivity index (χ0v) is 7.11. The van der Waals surface area contributed by atoms with Gasteiger partial charge in [0.1, 0.15) is 18.0 Å². The van der Waals surface area contributed by atoms with Crippen LogP contribution in [0, 0.1) is 11.6 Å². The van der Waals surface area contributed by atoms with Gasteiger partial charge in [-0.2, -0.15) is 0 Å². The Morgan fingerprint density at radius 2 is 1.71 bits per heavy atom. The number of nitrogens with zero attached hydrogens (tertiary/aromatic N) is 2. The van der Waals surface area contributed by atoms with E-state index >= 15 is 0 Å². The Morgan fingerprint density at radius 3 is 2.36 bits per heavy atom. The second-order valence-electron chi connectivity index (χ2n) is 2.75. The molecule has 4 heteroatoms. The molecule has 14 heavy (non-hydrogen) atoms. The third-order valence-corrected chi connectivity index (χ3v) is 1.80. The van der Waals surface area contributed by atoms with Gasteiger partial charge >= 0.3 is 0 Å². The maximum Gasteiger partial charge on any atom is 0.134 e. The normalized spacial score (nSPS) is 10.1. The fourth-order valence-electron chi connectivity index (χ4n) is 1.16. The molecule has 2 rings (SSSR count). The number of hydrogen-bond donors (Lipinski definition) is 0. The quantitative estimate of drug-likeness (QED) is 0.693. The van der Waals surface area contributed by atoms with E-state index in [-0.39, 0.29) is 0 Å². The molecule has 70 valence electrons. The molecule has 0 aliphatic heterocycles. The maximum atomic E-state index is 13.2. The summed E-state index contributed by atoms with van der Waals surface area (Å²) in [6, 6.07) is 3.40. The van der Waals surface area contributed by atoms with Crippen molar-refractivity contribution < 1.29 is 8.78 Å². The maximum absolute atomic E-state index is 13.2. The van der Waals surface area contributed by atoms with Gasteiger partial charge in [0.2, 0.25) is 0 Å². The van der Waals surface area contributed by atoms with Gasteiger partial charge in [-0.25, -0.2) is 18.7 Å². The second kappa shape index (κ2) is 3.49. The molecule has 0 atom stereocenters. The molecule has 0 aliphatic rings. The smallest absolute Gasteiger partial charge is 0.134 e. The molecule has 2 nitrogen and oxygen atoms in total. The van der Waals surface area contributed by atoms with Crippen LogP contribution in [-0.4, -0.2) is 9.97 Å². The molecular weight excluding hydrogens is 186 g/mol. The van der Waals surface area contributed by atoms with E-state index in [4.69, 9.17) is 0 Å². The van der Waals surface area contributed by atoms with E-state index in [1.807, 2.05) is 0 Å². The van der Waals surface area contributed by atoms with Crippen molar-refractivity contribution in [3.8, 4) is 11.1 Å². The van der Waals surface area contributed by atoms with Gasteiger partial charge in [-0.3, -0.25) is 0 Å². The van der Waals surface area contributed by atoms with Crippen LogP contribution in [-0.2, 0) is 0 Å². The van der Waals surface area contributed by atoms with E-state index in [0.717, 1.165) is 6.07 Å². The molecule has 0 unspecified atom stereocenters. The van der Waals surface area contributed by atoms with Crippen LogP contribution < -0.4 is 0 Å². The lowest BCUT2D eigenvalue weighted by Gasteiger charge is -2.01. The summed E-state index contributed by atoms with van der Waals surface area (Å²) in [7, 11) is 0. The van der Waals surface area contributed by atoms with Crippen LogP contribution in [0.25, 0.3) is 11.1 Å². The number of aromatic nitrogens is 2. The molecule has 0 fully saturated rings. The molecule has 0 aliphatic carbocycles. The highest BCUT2D eigenvalue weighted by molar-refractivity contribution is 5.61. The Balaban J connectivity index is 2.53. The number of halogens is 2. The van der Waals surface area contributed by atoms with Crippen LogP contribution in [0.3, 0.4) is 0 Å². The molecule has 1 aromatic heterocycles. The number of rotatable bonds is 1. The monoisotopic (exact) mass is 192 g/mol. The van der Waals surface area contributed by atoms with Crippen LogP contribution >= 0.6 is 0 Å². The molecule has 0 N–H and O–H groups in total. The predicted octanol–water partition coefficient (Wildman–Crippen LogP) is 2.42. The van der Waals surface area contributed by atoms with Gasteiger partial charge in [0, 0.05) is 29.6 Å². The van der Waals surface area contributed by atoms with Crippen LogP contribution in [0.1, 0.15) is 0 Å². The van der Waals surface area contributed by atoms with Gasteiger partial charge in [0.25, 0.3) is 0 Å². The van der Waals surface area contributed by atoms with Crippen molar-refractivity contribution >= 4 is 0 Å². The highest BCUT2D eigenvalue weighted by atomic mass is 19.1. The molecule has 0 amide bonds. The van der Waals surface area contributed by atoms with Crippen molar-refractivity contribution in [2.75, 3.05) is 0 Å². The first-order valence-corrected chi connectivity index (χ1v) is 3.98. The Labute approximate surface area is 79.3 Å². The average molecular weight is 192 g/mol. The number of hydrogen-bond acceptors (Lipinski definition) is 2. The molecule has 1 heterocycles. The van der Waals surface area contributed by atoms with Gasteiger partial charge in [-0.15, -0.1) is 0 Å². The van der Waals surface area contributed by atoms with Crippen LogP contribution in [0.4, 0.5) is 8.78 Å². The zero-order valence-electron chi connectivity index (χ0n) is 7.11. The number of benzene rings is 1. The minimum absolute atomic E-state index is 0.298. The average Bonchev–Trinajstić information content (AvgIpc) is 2.19. The molecule has 0 bridgehead atoms. The first-order chi connectivity index (χ1) is 6.77. The van der Waals surface area contributed by atoms with Crippen LogP contribution in [0.15, 0.2) is 36.9 Å². The van der Waals surface area contributed by atoms with Crippen molar-refractivity contribution in [3.05, 3.63) is 48.6 Å². The van der Waals surface area contributed by atoms with Gasteiger partial charge < -0.3 is 0 Å². The third-order valence-electron chi connectivity index (χ3n) is 1.80. The summed E-state index contributed by atoms with van der Waals surface area (Å²) in [4.78, 5) is 7.51. The molecule has 2 aromatic rings. The Morgan fingerprint density at radius 1 is 1.00 bits per heavy atom. The van der Waals surface area contributed by atoms with Gasteiger partial charge in [-0.05, 0) is 12.1 Å². The van der Waals surface area contributed by atoms with Crippen molar-refractivity contribution in [1.29, 1.82) is 0 Å². The summed E-state index contributed by atoms with van der Waals surface area (Å²) in [5.74, 6) is -1.21. The van der Waals surface area contributed by atoms with Crippen LogP contribution in [0.5, 0.6) is 0 Å². The highest BCUT2D eigenvalue weighted by Gasteiger charge is 2.05. The minimum Gasteiger partial charge on any atom is -0.244 e. The standard InChI is InChI=1S/C10H6F2N2/c11-8-1-2-9(10(12)3-8)7-4-13-6-14-5-7/h1-6H. The van der Waals surface area contributed by atoms with Gasteiger partial charge in [0.05, 0.1) is 0 Å². The molecule has 1 aromatic carbocycles. The SMILES string of the molecule is Fc1ccc(-c2cncnc2)c(F)c1. The van der Waals surface area contributed by atoms with E-state index in [2.05, 4.69) is 9.97 Å². The lowest BCUT2D eigenvalue weighted by Crippen LogP contribution is -1.87. The molecule has 0 saturated carbocycles. The summed E-state index contributed by atoms with van der Waals surface area (Å²) < 4.78 is 25.8. The fourth-order valence-corrected chi connectivity index (χ4v) is 1.16. The highest BCUT2D eigenvalue weighted by Crippen LogP contribution is 2.21. The van der Waals surface area contributed by atoms with E-state index in [1.54, 1.807) is 0 Å². The molecular formula is C10H6F2N2. The van der Waals surface area contributed by atoms with Gasteiger partial charge in [-0.1, -0.05) is 0 Å². The van der Waals surface area contributed by atoms with Crippen molar-refractivity contribution in [3.63, 3.8) is 0 Å². The summed E-state index contributed by atoms with van der Waals surface area (Å²) in [6.45, 7) is 0. The first-order valence-electron chi connectivity index (χ1n) is 3.98. The van der Waals surface area contributed by atoms with Gasteiger partial charge in [0.15, 0.2) is 0 Å². The first kappa shape index (κ1) is 8.74. The molecule has 0 spiro atoms. The van der Waals surface area contributed by atoms with Crippen molar-refractivity contribution in [1.82, 2.24) is 9.97 Å². The summed E-state index contributed by atoms with van der Waals surface area (Å²) in [5.41, 5.74) is 0.831. The topological polar surface area (TPSA) is 25.8 Å². The Kier molecular flexibility index (Phi) is 2.18. The largest absolute Gasteiger partial charge is 0.244 e. The van der Waals surface area contributed by atoms with Crippen molar-refractivity contribution in [2.45, 2.75) is 0 Å². The summed E-state index contributed by atoms with van der Waals surface area (Å²) in [6.07, 6.45) is 4.30. The lowest BCUT2D eigenvalue weighted by atomic mass is 10.1. The molecule has 0 radical (unpaired) electrons. The van der Waals surface area contributed by atoms with Crippen molar-refractivity contribution in [2.24, 2.45) is 0 Å². The minimum atomic E-state index is -0.611. The summed E-state index contributed by atoms with van der Waals surface area (Å²) >= 11 is 0. The Bertz CT molecular complexity index is 443. The van der Waals surface area contributed by atoms with E-state index in [1.165, 1.54) is 30.9 Å². The van der Waals surface area contributed by atoms with E-state index in [9.17, 15) is 8.78 Å². The second-order valence-corrected chi connectivity index (χ2v) is 2.75. The van der Waals surface area contributed by atoms with E-state index < -0.39 is 11.6 Å². The lowest BCUT2D eigenvalue weighted by molar-refractivity contribution is 0.585. The Hall–Kier alpha value is -1.84. The summed E-state index contributed by atoms with van der Waals surface area (Å²) in [5, 5.41) is 0. The van der Waals surface area contributed by atoms with E-state index in [0.29, 0.717) is 11.1 Å². The zero-order chi connectivity index (χ0) is 9.97. The predicted molar refractivity (Wildman–Crippen MR) is 47.4 cm³/mol. The fraction of sp³-hybridized carbons (Fsp3) is 0. The van der Waals surface area contributed by atoms with Crippen LogP contribution in [0.2, 0.25) is 0 Å². The third kappa shape index (κ3) is 1.59.